The first-order chi connectivity index (χ1) is 7.17. The summed E-state index contributed by atoms with van der Waals surface area (Å²) in [5.41, 5.74) is 5.34. The second-order valence-electron chi connectivity index (χ2n) is 4.20. The van der Waals surface area contributed by atoms with Crippen LogP contribution in [-0.2, 0) is 10.0 Å². The monoisotopic (exact) mass is 234 g/mol. The van der Waals surface area contributed by atoms with Crippen molar-refractivity contribution in [2.75, 3.05) is 13.1 Å². The lowest BCUT2D eigenvalue weighted by Crippen LogP contribution is -2.36. The zero-order chi connectivity index (χ0) is 11.1. The van der Waals surface area contributed by atoms with Gasteiger partial charge in [-0.3, -0.25) is 0 Å². The molecule has 1 saturated carbocycles. The van der Waals surface area contributed by atoms with Gasteiger partial charge in [0.2, 0.25) is 10.0 Å². The molecule has 0 radical (unpaired) electrons. The third kappa shape index (κ3) is 4.49. The summed E-state index contributed by atoms with van der Waals surface area (Å²) in [7, 11) is -3.05. The molecule has 1 fully saturated rings. The zero-order valence-electron chi connectivity index (χ0n) is 9.24. The second-order valence-corrected chi connectivity index (χ2v) is 6.24. The highest BCUT2D eigenvalue weighted by Gasteiger charge is 2.26. The Hall–Kier alpha value is -0.130. The van der Waals surface area contributed by atoms with E-state index in [1.54, 1.807) is 0 Å². The van der Waals surface area contributed by atoms with Crippen LogP contribution in [0.25, 0.3) is 0 Å². The molecule has 0 heterocycles. The molecule has 1 rings (SSSR count). The topological polar surface area (TPSA) is 72.2 Å². The molecule has 0 amide bonds. The number of unbranched alkanes of at least 4 members (excludes halogenated alkanes) is 1. The van der Waals surface area contributed by atoms with E-state index in [4.69, 9.17) is 5.73 Å². The van der Waals surface area contributed by atoms with E-state index in [2.05, 4.69) is 4.72 Å². The minimum Gasteiger partial charge on any atom is -0.330 e. The lowest BCUT2D eigenvalue weighted by Gasteiger charge is -2.21. The van der Waals surface area contributed by atoms with Crippen molar-refractivity contribution in [3.8, 4) is 0 Å². The normalized spacial score (nSPS) is 19.3. The van der Waals surface area contributed by atoms with Crippen LogP contribution in [0.2, 0.25) is 0 Å². The summed E-state index contributed by atoms with van der Waals surface area (Å²) in [6.07, 6.45) is 6.65. The van der Waals surface area contributed by atoms with Gasteiger partial charge >= 0.3 is 0 Å². The van der Waals surface area contributed by atoms with Crippen molar-refractivity contribution in [3.05, 3.63) is 0 Å². The van der Waals surface area contributed by atoms with Crippen molar-refractivity contribution in [3.63, 3.8) is 0 Å². The van der Waals surface area contributed by atoms with Crippen LogP contribution in [0.5, 0.6) is 0 Å². The highest BCUT2D eigenvalue weighted by Crippen LogP contribution is 2.22. The van der Waals surface area contributed by atoms with E-state index >= 15 is 0 Å². The quantitative estimate of drug-likeness (QED) is 0.673. The summed E-state index contributed by atoms with van der Waals surface area (Å²) in [5, 5.41) is -0.149. The van der Waals surface area contributed by atoms with E-state index in [9.17, 15) is 8.42 Å². The molecule has 0 aliphatic heterocycles. The second kappa shape index (κ2) is 6.45. The van der Waals surface area contributed by atoms with Gasteiger partial charge in [0.25, 0.3) is 0 Å². The minimum absolute atomic E-state index is 0.149. The third-order valence-corrected chi connectivity index (χ3v) is 4.88. The van der Waals surface area contributed by atoms with E-state index in [-0.39, 0.29) is 5.25 Å². The minimum atomic E-state index is -3.05. The van der Waals surface area contributed by atoms with Gasteiger partial charge in [0, 0.05) is 6.54 Å². The van der Waals surface area contributed by atoms with Gasteiger partial charge in [-0.05, 0) is 32.2 Å². The molecule has 1 aliphatic rings. The van der Waals surface area contributed by atoms with Gasteiger partial charge in [-0.15, -0.1) is 0 Å². The van der Waals surface area contributed by atoms with Crippen LogP contribution < -0.4 is 10.5 Å². The maximum absolute atomic E-state index is 11.8. The predicted octanol–water partition coefficient (Wildman–Crippen LogP) is 0.977. The van der Waals surface area contributed by atoms with Gasteiger partial charge in [0.05, 0.1) is 5.25 Å². The Morgan fingerprint density at radius 2 is 1.80 bits per heavy atom. The lowest BCUT2D eigenvalue weighted by molar-refractivity contribution is 0.477. The number of nitrogens with two attached hydrogens (primary N) is 1. The van der Waals surface area contributed by atoms with Crippen LogP contribution >= 0.6 is 0 Å². The van der Waals surface area contributed by atoms with Crippen LogP contribution in [0.15, 0.2) is 0 Å². The Balaban J connectivity index is 2.30. The van der Waals surface area contributed by atoms with Crippen molar-refractivity contribution < 1.29 is 8.42 Å². The first-order valence-corrected chi connectivity index (χ1v) is 7.40. The largest absolute Gasteiger partial charge is 0.330 e. The molecule has 5 heteroatoms. The molecule has 0 saturated heterocycles. The van der Waals surface area contributed by atoms with Gasteiger partial charge in [-0.25, -0.2) is 13.1 Å². The highest BCUT2D eigenvalue weighted by atomic mass is 32.2. The van der Waals surface area contributed by atoms with Crippen molar-refractivity contribution in [2.45, 2.75) is 50.2 Å². The fourth-order valence-corrected chi connectivity index (χ4v) is 3.60. The Morgan fingerprint density at radius 3 is 2.40 bits per heavy atom. The smallest absolute Gasteiger partial charge is 0.214 e. The molecule has 3 N–H and O–H groups in total. The molecule has 0 spiro atoms. The molecule has 0 bridgehead atoms. The van der Waals surface area contributed by atoms with Crippen molar-refractivity contribution in [2.24, 2.45) is 5.73 Å². The Kier molecular flexibility index (Phi) is 5.56. The van der Waals surface area contributed by atoms with Gasteiger partial charge in [-0.2, -0.15) is 0 Å². The molecule has 15 heavy (non-hydrogen) atoms. The molecule has 90 valence electrons. The maximum Gasteiger partial charge on any atom is 0.214 e. The van der Waals surface area contributed by atoms with Crippen molar-refractivity contribution >= 4 is 10.0 Å². The number of rotatable bonds is 6. The molecule has 0 aromatic carbocycles. The molecule has 0 unspecified atom stereocenters. The first kappa shape index (κ1) is 12.9. The number of nitrogens with one attached hydrogen (secondary N) is 1. The van der Waals surface area contributed by atoms with Crippen LogP contribution in [0, 0.1) is 0 Å². The first-order valence-electron chi connectivity index (χ1n) is 5.85. The van der Waals surface area contributed by atoms with Crippen molar-refractivity contribution in [1.82, 2.24) is 4.72 Å². The molecule has 0 atom stereocenters. The highest BCUT2D eigenvalue weighted by molar-refractivity contribution is 7.90. The number of sulfonamides is 1. The van der Waals surface area contributed by atoms with Crippen molar-refractivity contribution in [1.29, 1.82) is 0 Å². The summed E-state index contributed by atoms with van der Waals surface area (Å²) < 4.78 is 26.3. The molecule has 1 aliphatic carbocycles. The van der Waals surface area contributed by atoms with Crippen LogP contribution in [0.4, 0.5) is 0 Å². The Bertz CT molecular complexity index is 259. The van der Waals surface area contributed by atoms with Crippen LogP contribution in [0.3, 0.4) is 0 Å². The van der Waals surface area contributed by atoms with E-state index in [0.29, 0.717) is 13.1 Å². The van der Waals surface area contributed by atoms with Gasteiger partial charge in [0.15, 0.2) is 0 Å². The average Bonchev–Trinajstić information content (AvgIpc) is 2.26. The SMILES string of the molecule is NCCCCNS(=O)(=O)C1CCCCC1. The maximum atomic E-state index is 11.8. The fraction of sp³-hybridized carbons (Fsp3) is 1.00. The summed E-state index contributed by atoms with van der Waals surface area (Å²) in [5.74, 6) is 0. The molecular weight excluding hydrogens is 212 g/mol. The lowest BCUT2D eigenvalue weighted by atomic mass is 10.0. The molecule has 0 aromatic heterocycles. The van der Waals surface area contributed by atoms with Gasteiger partial charge in [0.1, 0.15) is 0 Å². The van der Waals surface area contributed by atoms with E-state index in [1.165, 1.54) is 6.42 Å². The average molecular weight is 234 g/mol. The molecule has 4 nitrogen and oxygen atoms in total. The predicted molar refractivity (Wildman–Crippen MR) is 62.1 cm³/mol. The van der Waals surface area contributed by atoms with E-state index < -0.39 is 10.0 Å². The Morgan fingerprint density at radius 1 is 1.13 bits per heavy atom. The Labute approximate surface area is 92.7 Å². The summed E-state index contributed by atoms with van der Waals surface area (Å²) in [6.45, 7) is 1.17. The number of hydrogen-bond donors (Lipinski definition) is 2. The van der Waals surface area contributed by atoms with Gasteiger partial charge in [-0.1, -0.05) is 19.3 Å². The fourth-order valence-electron chi connectivity index (χ4n) is 1.98. The molecular formula is C10H22N2O2S. The summed E-state index contributed by atoms with van der Waals surface area (Å²) in [6, 6.07) is 0. The summed E-state index contributed by atoms with van der Waals surface area (Å²) >= 11 is 0. The standard InChI is InChI=1S/C10H22N2O2S/c11-8-4-5-9-12-15(13,14)10-6-2-1-3-7-10/h10,12H,1-9,11H2. The van der Waals surface area contributed by atoms with Gasteiger partial charge < -0.3 is 5.73 Å². The number of hydrogen-bond acceptors (Lipinski definition) is 3. The molecule has 0 aromatic rings. The summed E-state index contributed by atoms with van der Waals surface area (Å²) in [4.78, 5) is 0. The zero-order valence-corrected chi connectivity index (χ0v) is 10.1. The van der Waals surface area contributed by atoms with E-state index in [0.717, 1.165) is 38.5 Å². The van der Waals surface area contributed by atoms with Crippen LogP contribution in [-0.4, -0.2) is 26.8 Å². The third-order valence-electron chi connectivity index (χ3n) is 2.93. The van der Waals surface area contributed by atoms with Crippen LogP contribution in [0.1, 0.15) is 44.9 Å². The van der Waals surface area contributed by atoms with E-state index in [1.807, 2.05) is 0 Å².